The number of carbonyl (C=O) groups is 1. The van der Waals surface area contributed by atoms with E-state index in [1.807, 2.05) is 0 Å². The van der Waals surface area contributed by atoms with Crippen LogP contribution in [0.25, 0.3) is 0 Å². The fourth-order valence-corrected chi connectivity index (χ4v) is 1.64. The molecule has 15 heavy (non-hydrogen) atoms. The number of alkyl halides is 2. The quantitative estimate of drug-likeness (QED) is 0.757. The lowest BCUT2D eigenvalue weighted by Crippen LogP contribution is -2.52. The van der Waals surface area contributed by atoms with Crippen LogP contribution in [0.1, 0.15) is 39.5 Å². The average molecular weight is 221 g/mol. The van der Waals surface area contributed by atoms with Crippen molar-refractivity contribution >= 4 is 5.91 Å². The predicted molar refractivity (Wildman–Crippen MR) is 51.6 cm³/mol. The van der Waals surface area contributed by atoms with E-state index < -0.39 is 23.5 Å². The second-order valence-corrected chi connectivity index (χ2v) is 4.39. The number of hydrogen-bond acceptors (Lipinski definition) is 2. The van der Waals surface area contributed by atoms with E-state index in [1.54, 1.807) is 0 Å². The van der Waals surface area contributed by atoms with Crippen LogP contribution in [0.4, 0.5) is 8.78 Å². The fraction of sp³-hybridized carbons (Fsp3) is 0.900. The molecule has 1 rings (SSSR count). The summed E-state index contributed by atoms with van der Waals surface area (Å²) in [5.41, 5.74) is -1.43. The van der Waals surface area contributed by atoms with Crippen molar-refractivity contribution in [1.29, 1.82) is 0 Å². The molecule has 1 unspecified atom stereocenters. The zero-order valence-electron chi connectivity index (χ0n) is 9.02. The van der Waals surface area contributed by atoms with Crippen molar-refractivity contribution in [1.82, 2.24) is 5.32 Å². The Hall–Kier alpha value is -0.710. The molecule has 1 aliphatic carbocycles. The Morgan fingerprint density at radius 2 is 1.93 bits per heavy atom. The molecule has 0 radical (unpaired) electrons. The molecule has 2 N–H and O–H groups in total. The SMILES string of the molecule is CC(NC(=O)C1(O)CCCC1)C(C)(F)F. The molecule has 1 atom stereocenters. The lowest BCUT2D eigenvalue weighted by atomic mass is 10.0. The first-order chi connectivity index (χ1) is 6.76. The van der Waals surface area contributed by atoms with Crippen LogP contribution >= 0.6 is 0 Å². The molecule has 1 amide bonds. The predicted octanol–water partition coefficient (Wildman–Crippen LogP) is 1.45. The highest BCUT2D eigenvalue weighted by Crippen LogP contribution is 2.30. The molecule has 1 aliphatic rings. The molecule has 0 saturated heterocycles. The lowest BCUT2D eigenvalue weighted by Gasteiger charge is -2.26. The van der Waals surface area contributed by atoms with Gasteiger partial charge in [-0.25, -0.2) is 8.78 Å². The van der Waals surface area contributed by atoms with Crippen LogP contribution in [0.3, 0.4) is 0 Å². The summed E-state index contributed by atoms with van der Waals surface area (Å²) >= 11 is 0. The molecule has 0 heterocycles. The molecule has 0 aromatic heterocycles. The second kappa shape index (κ2) is 4.04. The van der Waals surface area contributed by atoms with Crippen LogP contribution in [0, 0.1) is 0 Å². The van der Waals surface area contributed by atoms with Gasteiger partial charge in [0.1, 0.15) is 5.60 Å². The molecule has 0 aliphatic heterocycles. The number of halogens is 2. The summed E-state index contributed by atoms with van der Waals surface area (Å²) in [5, 5.41) is 12.0. The van der Waals surface area contributed by atoms with Gasteiger partial charge in [0.25, 0.3) is 11.8 Å². The summed E-state index contributed by atoms with van der Waals surface area (Å²) in [4.78, 5) is 11.5. The Labute approximate surface area is 87.9 Å². The summed E-state index contributed by atoms with van der Waals surface area (Å²) in [7, 11) is 0. The zero-order chi connectivity index (χ0) is 11.7. The van der Waals surface area contributed by atoms with E-state index in [9.17, 15) is 18.7 Å². The van der Waals surface area contributed by atoms with Gasteiger partial charge in [-0.15, -0.1) is 0 Å². The van der Waals surface area contributed by atoms with Gasteiger partial charge in [-0.2, -0.15) is 0 Å². The molecular weight excluding hydrogens is 204 g/mol. The van der Waals surface area contributed by atoms with Crippen LogP contribution in [-0.4, -0.2) is 28.6 Å². The number of rotatable bonds is 3. The van der Waals surface area contributed by atoms with Crippen LogP contribution in [0.2, 0.25) is 0 Å². The van der Waals surface area contributed by atoms with E-state index in [4.69, 9.17) is 0 Å². The normalized spacial score (nSPS) is 22.5. The van der Waals surface area contributed by atoms with Crippen LogP contribution in [-0.2, 0) is 4.79 Å². The maximum absolute atomic E-state index is 12.8. The molecular formula is C10H17F2NO2. The van der Waals surface area contributed by atoms with E-state index in [-0.39, 0.29) is 0 Å². The van der Waals surface area contributed by atoms with Crippen LogP contribution in [0.5, 0.6) is 0 Å². The van der Waals surface area contributed by atoms with Gasteiger partial charge in [-0.3, -0.25) is 4.79 Å². The topological polar surface area (TPSA) is 49.3 Å². The highest BCUT2D eigenvalue weighted by molar-refractivity contribution is 5.85. The number of aliphatic hydroxyl groups is 1. The van der Waals surface area contributed by atoms with E-state index >= 15 is 0 Å². The second-order valence-electron chi connectivity index (χ2n) is 4.39. The number of nitrogens with one attached hydrogen (secondary N) is 1. The van der Waals surface area contributed by atoms with Gasteiger partial charge in [0, 0.05) is 6.92 Å². The highest BCUT2D eigenvalue weighted by Gasteiger charge is 2.41. The first kappa shape index (κ1) is 12.4. The van der Waals surface area contributed by atoms with E-state index in [0.29, 0.717) is 12.8 Å². The Balaban J connectivity index is 2.55. The van der Waals surface area contributed by atoms with Crippen molar-refractivity contribution in [2.24, 2.45) is 0 Å². The van der Waals surface area contributed by atoms with E-state index in [0.717, 1.165) is 19.8 Å². The molecule has 0 aromatic carbocycles. The monoisotopic (exact) mass is 221 g/mol. The molecule has 1 saturated carbocycles. The lowest BCUT2D eigenvalue weighted by molar-refractivity contribution is -0.142. The minimum Gasteiger partial charge on any atom is -0.380 e. The summed E-state index contributed by atoms with van der Waals surface area (Å²) in [6.45, 7) is 1.98. The van der Waals surface area contributed by atoms with Gasteiger partial charge in [-0.1, -0.05) is 0 Å². The Morgan fingerprint density at radius 1 is 1.47 bits per heavy atom. The molecule has 0 aromatic rings. The van der Waals surface area contributed by atoms with Crippen molar-refractivity contribution in [2.45, 2.75) is 57.1 Å². The Bertz CT molecular complexity index is 244. The van der Waals surface area contributed by atoms with Crippen molar-refractivity contribution in [3.05, 3.63) is 0 Å². The third-order valence-corrected chi connectivity index (χ3v) is 2.96. The van der Waals surface area contributed by atoms with Gasteiger partial charge < -0.3 is 10.4 Å². The van der Waals surface area contributed by atoms with Crippen LogP contribution in [0.15, 0.2) is 0 Å². The number of amides is 1. The highest BCUT2D eigenvalue weighted by atomic mass is 19.3. The van der Waals surface area contributed by atoms with Gasteiger partial charge >= 0.3 is 0 Å². The zero-order valence-corrected chi connectivity index (χ0v) is 9.02. The summed E-state index contributed by atoms with van der Waals surface area (Å²) < 4.78 is 25.6. The van der Waals surface area contributed by atoms with E-state index in [1.165, 1.54) is 6.92 Å². The summed E-state index contributed by atoms with van der Waals surface area (Å²) in [6.07, 6.45) is 2.25. The Morgan fingerprint density at radius 3 is 2.33 bits per heavy atom. The molecule has 0 spiro atoms. The van der Waals surface area contributed by atoms with E-state index in [2.05, 4.69) is 5.32 Å². The minimum atomic E-state index is -2.97. The first-order valence-electron chi connectivity index (χ1n) is 5.17. The number of hydrogen-bond donors (Lipinski definition) is 2. The van der Waals surface area contributed by atoms with Gasteiger partial charge in [0.05, 0.1) is 6.04 Å². The molecule has 5 heteroatoms. The van der Waals surface area contributed by atoms with Crippen LogP contribution < -0.4 is 5.32 Å². The Kier molecular flexibility index (Phi) is 3.33. The molecule has 0 bridgehead atoms. The average Bonchev–Trinajstić information content (AvgIpc) is 2.51. The molecule has 3 nitrogen and oxygen atoms in total. The maximum Gasteiger partial charge on any atom is 0.264 e. The smallest absolute Gasteiger partial charge is 0.264 e. The van der Waals surface area contributed by atoms with Gasteiger partial charge in [0.15, 0.2) is 0 Å². The number of carbonyl (C=O) groups excluding carboxylic acids is 1. The third-order valence-electron chi connectivity index (χ3n) is 2.96. The van der Waals surface area contributed by atoms with Crippen molar-refractivity contribution in [3.8, 4) is 0 Å². The standard InChI is InChI=1S/C10H17F2NO2/c1-7(9(2,11)12)13-8(14)10(15)5-3-4-6-10/h7,15H,3-6H2,1-2H3,(H,13,14). The maximum atomic E-state index is 12.8. The van der Waals surface area contributed by atoms with Gasteiger partial charge in [-0.05, 0) is 32.6 Å². The van der Waals surface area contributed by atoms with Crippen molar-refractivity contribution in [2.75, 3.05) is 0 Å². The molecule has 1 fully saturated rings. The van der Waals surface area contributed by atoms with Crippen molar-refractivity contribution in [3.63, 3.8) is 0 Å². The minimum absolute atomic E-state index is 0.362. The van der Waals surface area contributed by atoms with Crippen molar-refractivity contribution < 1.29 is 18.7 Å². The molecule has 88 valence electrons. The first-order valence-corrected chi connectivity index (χ1v) is 5.17. The summed E-state index contributed by atoms with van der Waals surface area (Å²) in [5.74, 6) is -3.64. The largest absolute Gasteiger partial charge is 0.380 e. The summed E-state index contributed by atoms with van der Waals surface area (Å²) in [6, 6.07) is -1.25. The fourth-order valence-electron chi connectivity index (χ4n) is 1.64. The van der Waals surface area contributed by atoms with Gasteiger partial charge in [0.2, 0.25) is 0 Å². The third kappa shape index (κ3) is 2.87.